The van der Waals surface area contributed by atoms with Crippen molar-refractivity contribution < 1.29 is 17.9 Å². The Morgan fingerprint density at radius 1 is 1.35 bits per heavy atom. The van der Waals surface area contributed by atoms with E-state index in [1.807, 2.05) is 11.8 Å². The number of hydrogen-bond donors (Lipinski definition) is 2. The van der Waals surface area contributed by atoms with Gasteiger partial charge in [-0.1, -0.05) is 23.3 Å². The number of H-pyrrole nitrogens is 1. The van der Waals surface area contributed by atoms with Gasteiger partial charge in [-0.15, -0.1) is 0 Å². The van der Waals surface area contributed by atoms with Gasteiger partial charge in [0.05, 0.1) is 31.3 Å². The molecule has 0 spiro atoms. The Bertz CT molecular complexity index is 904. The van der Waals surface area contributed by atoms with Gasteiger partial charge in [0, 0.05) is 38.0 Å². The molecular weight excluding hydrogens is 521 g/mol. The molecule has 8 nitrogen and oxygen atoms in total. The minimum absolute atomic E-state index is 0.00618. The van der Waals surface area contributed by atoms with E-state index in [0.29, 0.717) is 52.9 Å². The van der Waals surface area contributed by atoms with E-state index in [0.717, 1.165) is 25.0 Å². The lowest BCUT2D eigenvalue weighted by Crippen LogP contribution is -2.43. The molecule has 3 rings (SSSR count). The Hall–Kier alpha value is -1.35. The third-order valence-electron chi connectivity index (χ3n) is 4.35. The van der Waals surface area contributed by atoms with E-state index in [1.54, 1.807) is 11.9 Å². The number of rotatable bonds is 9. The van der Waals surface area contributed by atoms with E-state index in [1.165, 1.54) is 6.20 Å². The van der Waals surface area contributed by atoms with Crippen molar-refractivity contribution in [3.05, 3.63) is 32.1 Å². The van der Waals surface area contributed by atoms with Crippen LogP contribution in [-0.4, -0.2) is 70.7 Å². The van der Waals surface area contributed by atoms with Crippen molar-refractivity contribution in [1.82, 2.24) is 19.5 Å². The van der Waals surface area contributed by atoms with Gasteiger partial charge in [-0.3, -0.25) is 4.79 Å². The number of hydrogen-bond acceptors (Lipinski definition) is 9. The van der Waals surface area contributed by atoms with Gasteiger partial charge >= 0.3 is 6.18 Å². The van der Waals surface area contributed by atoms with Gasteiger partial charge in [0.25, 0.3) is 5.56 Å². The molecule has 2 aromatic rings. The summed E-state index contributed by atoms with van der Waals surface area (Å²) < 4.78 is 46.5. The molecule has 0 unspecified atom stereocenters. The SMILES string of the molecule is C[C@@H](COCCSN1CCN(c2ncc(C(F)(F)F)s2)CC1)Nc1cn[nH]c(=O)c1Br. The van der Waals surface area contributed by atoms with Gasteiger partial charge in [-0.05, 0) is 22.9 Å². The molecule has 3 heterocycles. The van der Waals surface area contributed by atoms with Crippen LogP contribution < -0.4 is 15.8 Å². The summed E-state index contributed by atoms with van der Waals surface area (Å²) in [6.45, 7) is 5.74. The highest BCUT2D eigenvalue weighted by atomic mass is 79.9. The lowest BCUT2D eigenvalue weighted by molar-refractivity contribution is -0.134. The maximum Gasteiger partial charge on any atom is 0.427 e. The fraction of sp³-hybridized carbons (Fsp3) is 0.588. The van der Waals surface area contributed by atoms with Crippen LogP contribution in [0.25, 0.3) is 0 Å². The molecule has 0 radical (unpaired) electrons. The summed E-state index contributed by atoms with van der Waals surface area (Å²) in [7, 11) is 0. The molecule has 0 aliphatic carbocycles. The third kappa shape index (κ3) is 7.07. The van der Waals surface area contributed by atoms with Crippen LogP contribution in [0.4, 0.5) is 24.0 Å². The zero-order valence-corrected chi connectivity index (χ0v) is 19.8. The first kappa shape index (κ1) is 24.3. The van der Waals surface area contributed by atoms with Crippen molar-refractivity contribution in [1.29, 1.82) is 0 Å². The van der Waals surface area contributed by atoms with Gasteiger partial charge in [0.2, 0.25) is 0 Å². The summed E-state index contributed by atoms with van der Waals surface area (Å²) in [6, 6.07) is -0.00618. The average Bonchev–Trinajstić information content (AvgIpc) is 3.22. The Balaban J connectivity index is 1.30. The molecule has 1 aliphatic rings. The van der Waals surface area contributed by atoms with E-state index < -0.39 is 11.1 Å². The lowest BCUT2D eigenvalue weighted by Gasteiger charge is -2.33. The van der Waals surface area contributed by atoms with E-state index in [2.05, 4.69) is 40.7 Å². The van der Waals surface area contributed by atoms with Crippen molar-refractivity contribution in [3.8, 4) is 0 Å². The lowest BCUT2D eigenvalue weighted by atomic mass is 10.3. The molecule has 172 valence electrons. The van der Waals surface area contributed by atoms with E-state index in [9.17, 15) is 18.0 Å². The molecule has 0 amide bonds. The zero-order chi connectivity index (χ0) is 22.4. The number of aromatic nitrogens is 3. The second-order valence-electron chi connectivity index (χ2n) is 6.80. The summed E-state index contributed by atoms with van der Waals surface area (Å²) in [5, 5.41) is 9.69. The fourth-order valence-electron chi connectivity index (χ4n) is 2.83. The normalized spacial score (nSPS) is 16.5. The zero-order valence-electron chi connectivity index (χ0n) is 16.6. The van der Waals surface area contributed by atoms with Crippen LogP contribution >= 0.6 is 39.2 Å². The van der Waals surface area contributed by atoms with Crippen molar-refractivity contribution in [3.63, 3.8) is 0 Å². The van der Waals surface area contributed by atoms with E-state index >= 15 is 0 Å². The number of ether oxygens (including phenoxy) is 1. The number of nitrogens with one attached hydrogen (secondary N) is 2. The monoisotopic (exact) mass is 542 g/mol. The number of thiazole rings is 1. The van der Waals surface area contributed by atoms with Crippen LogP contribution in [0.5, 0.6) is 0 Å². The maximum absolute atomic E-state index is 12.7. The quantitative estimate of drug-likeness (QED) is 0.368. The molecule has 0 aromatic carbocycles. The van der Waals surface area contributed by atoms with Crippen molar-refractivity contribution in [2.24, 2.45) is 0 Å². The summed E-state index contributed by atoms with van der Waals surface area (Å²) in [4.78, 5) is 16.7. The van der Waals surface area contributed by atoms with Gasteiger partial charge < -0.3 is 15.0 Å². The van der Waals surface area contributed by atoms with E-state index in [-0.39, 0.29) is 11.6 Å². The Labute approximate surface area is 193 Å². The predicted octanol–water partition coefficient (Wildman–Crippen LogP) is 3.30. The molecule has 1 saturated heterocycles. The molecule has 14 heteroatoms. The van der Waals surface area contributed by atoms with Gasteiger partial charge in [0.1, 0.15) is 9.35 Å². The first-order valence-corrected chi connectivity index (χ1v) is 12.0. The number of aromatic amines is 1. The Morgan fingerprint density at radius 3 is 2.77 bits per heavy atom. The molecule has 0 bridgehead atoms. The second kappa shape index (κ2) is 11.0. The molecule has 1 fully saturated rings. The number of piperazine rings is 1. The Morgan fingerprint density at radius 2 is 2.10 bits per heavy atom. The third-order valence-corrected chi connectivity index (χ3v) is 7.32. The van der Waals surface area contributed by atoms with Crippen molar-refractivity contribution >= 4 is 50.0 Å². The highest BCUT2D eigenvalue weighted by Gasteiger charge is 2.34. The van der Waals surface area contributed by atoms with Gasteiger partial charge in [0.15, 0.2) is 5.13 Å². The molecule has 2 N–H and O–H groups in total. The van der Waals surface area contributed by atoms with Gasteiger partial charge in [-0.2, -0.15) is 18.3 Å². The topological polar surface area (TPSA) is 86.4 Å². The summed E-state index contributed by atoms with van der Waals surface area (Å²) >= 11 is 5.58. The average molecular weight is 543 g/mol. The molecule has 1 aliphatic heterocycles. The largest absolute Gasteiger partial charge is 0.427 e. The molecule has 0 saturated carbocycles. The molecule has 31 heavy (non-hydrogen) atoms. The minimum atomic E-state index is -4.34. The number of alkyl halides is 3. The maximum atomic E-state index is 12.7. The highest BCUT2D eigenvalue weighted by Crippen LogP contribution is 2.36. The highest BCUT2D eigenvalue weighted by molar-refractivity contribution is 9.10. The number of halogens is 4. The van der Waals surface area contributed by atoms with Crippen molar-refractivity contribution in [2.75, 3.05) is 55.4 Å². The predicted molar refractivity (Wildman–Crippen MR) is 120 cm³/mol. The number of nitrogens with zero attached hydrogens (tertiary/aromatic N) is 4. The molecular formula is C17H22BrF3N6O2S2. The smallest absolute Gasteiger partial charge is 0.378 e. The van der Waals surface area contributed by atoms with Crippen LogP contribution in [0.3, 0.4) is 0 Å². The van der Waals surface area contributed by atoms with E-state index in [4.69, 9.17) is 4.74 Å². The first-order valence-electron chi connectivity index (χ1n) is 9.47. The number of anilines is 2. The molecule has 1 atom stereocenters. The fourth-order valence-corrected chi connectivity index (χ4v) is 4.84. The summed E-state index contributed by atoms with van der Waals surface area (Å²) in [5.41, 5.74) is 0.306. The first-order chi connectivity index (χ1) is 14.7. The second-order valence-corrected chi connectivity index (χ2v) is 9.79. The minimum Gasteiger partial charge on any atom is -0.378 e. The van der Waals surface area contributed by atoms with Crippen LogP contribution in [0.15, 0.2) is 21.7 Å². The van der Waals surface area contributed by atoms with Crippen LogP contribution in [-0.2, 0) is 10.9 Å². The summed E-state index contributed by atoms with van der Waals surface area (Å²) in [6.07, 6.45) is -1.90. The van der Waals surface area contributed by atoms with Gasteiger partial charge in [-0.25, -0.2) is 14.4 Å². The van der Waals surface area contributed by atoms with Crippen LogP contribution in [0.2, 0.25) is 0 Å². The van der Waals surface area contributed by atoms with Crippen LogP contribution in [0, 0.1) is 0 Å². The summed E-state index contributed by atoms with van der Waals surface area (Å²) in [5.74, 6) is 0.776. The van der Waals surface area contributed by atoms with Crippen LogP contribution in [0.1, 0.15) is 11.8 Å². The molecule has 2 aromatic heterocycles. The standard InChI is InChI=1S/C17H22BrF3N6O2S2/c1-11(24-12-8-23-25-15(28)14(12)18)10-29-6-7-30-27-4-2-26(3-5-27)16-22-9-13(31-16)17(19,20)21/h8-9,11H,2-7,10H2,1H3,(H2,24,25,28)/t11-/m0/s1. The Kier molecular flexibility index (Phi) is 8.61. The van der Waals surface area contributed by atoms with Crippen molar-refractivity contribution in [2.45, 2.75) is 19.1 Å².